The van der Waals surface area contributed by atoms with Crippen molar-refractivity contribution in [1.29, 1.82) is 0 Å². The summed E-state index contributed by atoms with van der Waals surface area (Å²) in [5.74, 6) is -1.01. The standard InChI is InChI=1S/C18H20FNO2/c1-12-3-5-14(6-4-12)15-7-8-16(17(19)11-15)18(22)20-13(2)9-10-21/h3-8,11,13,21H,9-10H2,1-2H3,(H,20,22). The predicted molar refractivity (Wildman–Crippen MR) is 85.2 cm³/mol. The van der Waals surface area contributed by atoms with Gasteiger partial charge in [0.05, 0.1) is 5.56 Å². The van der Waals surface area contributed by atoms with Crippen LogP contribution in [0.1, 0.15) is 29.3 Å². The zero-order valence-corrected chi connectivity index (χ0v) is 12.8. The third kappa shape index (κ3) is 3.92. The van der Waals surface area contributed by atoms with E-state index in [1.54, 1.807) is 13.0 Å². The molecular weight excluding hydrogens is 281 g/mol. The number of hydrogen-bond acceptors (Lipinski definition) is 2. The van der Waals surface area contributed by atoms with Crippen molar-refractivity contribution in [2.24, 2.45) is 0 Å². The smallest absolute Gasteiger partial charge is 0.254 e. The molecule has 2 N–H and O–H groups in total. The first-order chi connectivity index (χ1) is 10.5. The lowest BCUT2D eigenvalue weighted by atomic mass is 10.0. The van der Waals surface area contributed by atoms with Gasteiger partial charge in [-0.25, -0.2) is 4.39 Å². The SMILES string of the molecule is Cc1ccc(-c2ccc(C(=O)NC(C)CCO)c(F)c2)cc1. The highest BCUT2D eigenvalue weighted by Crippen LogP contribution is 2.22. The third-order valence-electron chi connectivity index (χ3n) is 3.54. The van der Waals surface area contributed by atoms with Crippen molar-refractivity contribution in [1.82, 2.24) is 5.32 Å². The van der Waals surface area contributed by atoms with Crippen LogP contribution in [0.3, 0.4) is 0 Å². The van der Waals surface area contributed by atoms with E-state index in [1.807, 2.05) is 31.2 Å². The Labute approximate surface area is 129 Å². The number of hydrogen-bond donors (Lipinski definition) is 2. The van der Waals surface area contributed by atoms with E-state index in [2.05, 4.69) is 5.32 Å². The molecule has 0 fully saturated rings. The van der Waals surface area contributed by atoms with E-state index in [4.69, 9.17) is 5.11 Å². The van der Waals surface area contributed by atoms with Crippen LogP contribution in [-0.4, -0.2) is 23.7 Å². The molecule has 0 aliphatic heterocycles. The maximum absolute atomic E-state index is 14.2. The molecule has 2 rings (SSSR count). The van der Waals surface area contributed by atoms with E-state index in [0.717, 1.165) is 16.7 Å². The number of rotatable bonds is 5. The van der Waals surface area contributed by atoms with E-state index in [9.17, 15) is 9.18 Å². The molecule has 1 amide bonds. The van der Waals surface area contributed by atoms with Gasteiger partial charge in [0, 0.05) is 12.6 Å². The van der Waals surface area contributed by atoms with Crippen LogP contribution in [0.2, 0.25) is 0 Å². The van der Waals surface area contributed by atoms with Gasteiger partial charge in [-0.15, -0.1) is 0 Å². The molecule has 0 saturated carbocycles. The van der Waals surface area contributed by atoms with E-state index >= 15 is 0 Å². The second-order valence-corrected chi connectivity index (χ2v) is 5.45. The van der Waals surface area contributed by atoms with Crippen LogP contribution in [0.15, 0.2) is 42.5 Å². The van der Waals surface area contributed by atoms with Gasteiger partial charge >= 0.3 is 0 Å². The van der Waals surface area contributed by atoms with E-state index in [-0.39, 0.29) is 18.2 Å². The Morgan fingerprint density at radius 1 is 1.18 bits per heavy atom. The quantitative estimate of drug-likeness (QED) is 0.890. The van der Waals surface area contributed by atoms with E-state index in [0.29, 0.717) is 6.42 Å². The van der Waals surface area contributed by atoms with Gasteiger partial charge in [0.15, 0.2) is 0 Å². The summed E-state index contributed by atoms with van der Waals surface area (Å²) in [5, 5.41) is 11.5. The summed E-state index contributed by atoms with van der Waals surface area (Å²) in [5.41, 5.74) is 2.79. The van der Waals surface area contributed by atoms with Gasteiger partial charge in [-0.2, -0.15) is 0 Å². The molecule has 0 saturated heterocycles. The number of aliphatic hydroxyl groups is 1. The lowest BCUT2D eigenvalue weighted by Gasteiger charge is -2.13. The summed E-state index contributed by atoms with van der Waals surface area (Å²) in [4.78, 5) is 12.0. The normalized spacial score (nSPS) is 12.0. The summed E-state index contributed by atoms with van der Waals surface area (Å²) in [6.07, 6.45) is 0.439. The lowest BCUT2D eigenvalue weighted by molar-refractivity contribution is 0.0930. The monoisotopic (exact) mass is 301 g/mol. The van der Waals surface area contributed by atoms with Crippen LogP contribution < -0.4 is 5.32 Å². The van der Waals surface area contributed by atoms with Crippen molar-refractivity contribution in [3.8, 4) is 11.1 Å². The summed E-state index contributed by atoms with van der Waals surface area (Å²) < 4.78 is 14.2. The number of halogens is 1. The molecule has 0 radical (unpaired) electrons. The molecule has 116 valence electrons. The van der Waals surface area contributed by atoms with Crippen molar-refractivity contribution in [2.45, 2.75) is 26.3 Å². The van der Waals surface area contributed by atoms with E-state index in [1.165, 1.54) is 12.1 Å². The van der Waals surface area contributed by atoms with Gasteiger partial charge < -0.3 is 10.4 Å². The van der Waals surface area contributed by atoms with Crippen LogP contribution in [0.4, 0.5) is 4.39 Å². The Kier molecular flexibility index (Phi) is 5.28. The minimum atomic E-state index is -0.549. The summed E-state index contributed by atoms with van der Waals surface area (Å²) >= 11 is 0. The van der Waals surface area contributed by atoms with Crippen molar-refractivity contribution >= 4 is 5.91 Å². The maximum atomic E-state index is 14.2. The van der Waals surface area contributed by atoms with Crippen LogP contribution in [0, 0.1) is 12.7 Å². The van der Waals surface area contributed by atoms with Crippen LogP contribution in [-0.2, 0) is 0 Å². The van der Waals surface area contributed by atoms with E-state index < -0.39 is 11.7 Å². The first-order valence-electron chi connectivity index (χ1n) is 7.29. The second kappa shape index (κ2) is 7.18. The molecule has 4 heteroatoms. The molecular formula is C18H20FNO2. The van der Waals surface area contributed by atoms with Crippen molar-refractivity contribution in [3.05, 3.63) is 59.4 Å². The lowest BCUT2D eigenvalue weighted by Crippen LogP contribution is -2.33. The fourth-order valence-corrected chi connectivity index (χ4v) is 2.19. The predicted octanol–water partition coefficient (Wildman–Crippen LogP) is 3.30. The largest absolute Gasteiger partial charge is 0.396 e. The van der Waals surface area contributed by atoms with Gasteiger partial charge in [0.25, 0.3) is 5.91 Å². The Balaban J connectivity index is 2.19. The van der Waals surface area contributed by atoms with Gasteiger partial charge in [0.2, 0.25) is 0 Å². The molecule has 0 spiro atoms. The third-order valence-corrected chi connectivity index (χ3v) is 3.54. The summed E-state index contributed by atoms with van der Waals surface area (Å²) in [6.45, 7) is 3.74. The topological polar surface area (TPSA) is 49.3 Å². The first-order valence-corrected chi connectivity index (χ1v) is 7.29. The minimum Gasteiger partial charge on any atom is -0.396 e. The van der Waals surface area contributed by atoms with Gasteiger partial charge in [-0.1, -0.05) is 35.9 Å². The fraction of sp³-hybridized carbons (Fsp3) is 0.278. The zero-order valence-electron chi connectivity index (χ0n) is 12.8. The average molecular weight is 301 g/mol. The number of nitrogens with one attached hydrogen (secondary N) is 1. The Morgan fingerprint density at radius 3 is 2.41 bits per heavy atom. The fourth-order valence-electron chi connectivity index (χ4n) is 2.19. The van der Waals surface area contributed by atoms with Crippen molar-refractivity contribution in [2.75, 3.05) is 6.61 Å². The Bertz CT molecular complexity index is 653. The maximum Gasteiger partial charge on any atom is 0.254 e. The van der Waals surface area contributed by atoms with Crippen molar-refractivity contribution < 1.29 is 14.3 Å². The van der Waals surface area contributed by atoms with Gasteiger partial charge in [-0.3, -0.25) is 4.79 Å². The van der Waals surface area contributed by atoms with Crippen LogP contribution >= 0.6 is 0 Å². The first kappa shape index (κ1) is 16.2. The highest BCUT2D eigenvalue weighted by atomic mass is 19.1. The highest BCUT2D eigenvalue weighted by Gasteiger charge is 2.14. The van der Waals surface area contributed by atoms with Crippen molar-refractivity contribution in [3.63, 3.8) is 0 Å². The Morgan fingerprint density at radius 2 is 1.82 bits per heavy atom. The minimum absolute atomic E-state index is 0.0145. The van der Waals surface area contributed by atoms with Gasteiger partial charge in [-0.05, 0) is 43.5 Å². The zero-order chi connectivity index (χ0) is 16.1. The number of benzene rings is 2. The number of carbonyl (C=O) groups excluding carboxylic acids is 1. The molecule has 1 atom stereocenters. The molecule has 0 aliphatic rings. The molecule has 0 bridgehead atoms. The molecule has 2 aromatic rings. The number of aliphatic hydroxyl groups excluding tert-OH is 1. The second-order valence-electron chi connectivity index (χ2n) is 5.45. The molecule has 1 unspecified atom stereocenters. The summed E-state index contributed by atoms with van der Waals surface area (Å²) in [7, 11) is 0. The highest BCUT2D eigenvalue weighted by molar-refractivity contribution is 5.95. The molecule has 0 aliphatic carbocycles. The molecule has 0 aromatic heterocycles. The molecule has 3 nitrogen and oxygen atoms in total. The molecule has 22 heavy (non-hydrogen) atoms. The van der Waals surface area contributed by atoms with Gasteiger partial charge in [0.1, 0.15) is 5.82 Å². The number of amides is 1. The summed E-state index contributed by atoms with van der Waals surface area (Å²) in [6, 6.07) is 12.2. The van der Waals surface area contributed by atoms with Crippen LogP contribution in [0.25, 0.3) is 11.1 Å². The van der Waals surface area contributed by atoms with Crippen LogP contribution in [0.5, 0.6) is 0 Å². The molecule has 0 heterocycles. The number of carbonyl (C=O) groups is 1. The molecule has 2 aromatic carbocycles. The number of aryl methyl sites for hydroxylation is 1. The Hall–Kier alpha value is -2.20. The average Bonchev–Trinajstić information content (AvgIpc) is 2.47.